The fraction of sp³-hybridized carbons (Fsp3) is 1.00. The maximum atomic E-state index is 11.7. The first-order valence-corrected chi connectivity index (χ1v) is 5.22. The van der Waals surface area contributed by atoms with E-state index in [9.17, 15) is 13.2 Å². The standard InChI is InChI=1S/C10H20F3NO/c1-4-9(14-3)8(2)5-6-15-7-10(11,12)13/h8-9,14H,4-7H2,1-3H3. The topological polar surface area (TPSA) is 21.3 Å². The van der Waals surface area contributed by atoms with E-state index in [1.54, 1.807) is 0 Å². The van der Waals surface area contributed by atoms with Crippen LogP contribution in [-0.2, 0) is 4.74 Å². The number of alkyl halides is 3. The van der Waals surface area contributed by atoms with E-state index in [1.165, 1.54) is 0 Å². The molecule has 0 aromatic heterocycles. The Hall–Kier alpha value is -0.290. The third-order valence-electron chi connectivity index (χ3n) is 2.48. The molecular weight excluding hydrogens is 207 g/mol. The summed E-state index contributed by atoms with van der Waals surface area (Å²) in [5, 5.41) is 3.13. The van der Waals surface area contributed by atoms with Gasteiger partial charge in [-0.2, -0.15) is 13.2 Å². The minimum atomic E-state index is -4.21. The summed E-state index contributed by atoms with van der Waals surface area (Å²) in [6.45, 7) is 3.09. The zero-order valence-electron chi connectivity index (χ0n) is 9.53. The van der Waals surface area contributed by atoms with Gasteiger partial charge in [-0.1, -0.05) is 13.8 Å². The summed E-state index contributed by atoms with van der Waals surface area (Å²) in [5.41, 5.74) is 0. The van der Waals surface area contributed by atoms with Gasteiger partial charge in [0.25, 0.3) is 0 Å². The van der Waals surface area contributed by atoms with Crippen LogP contribution in [0.2, 0.25) is 0 Å². The van der Waals surface area contributed by atoms with E-state index in [1.807, 2.05) is 20.9 Å². The van der Waals surface area contributed by atoms with Gasteiger partial charge in [0.2, 0.25) is 0 Å². The Kier molecular flexibility index (Phi) is 6.92. The van der Waals surface area contributed by atoms with Crippen molar-refractivity contribution in [3.63, 3.8) is 0 Å². The Labute approximate surface area is 89.2 Å². The van der Waals surface area contributed by atoms with E-state index in [2.05, 4.69) is 10.1 Å². The Morgan fingerprint density at radius 3 is 2.33 bits per heavy atom. The van der Waals surface area contributed by atoms with Crippen molar-refractivity contribution in [1.29, 1.82) is 0 Å². The van der Waals surface area contributed by atoms with Gasteiger partial charge in [-0.15, -0.1) is 0 Å². The van der Waals surface area contributed by atoms with Crippen molar-refractivity contribution < 1.29 is 17.9 Å². The molecule has 5 heteroatoms. The second-order valence-corrected chi connectivity index (χ2v) is 3.74. The molecule has 2 nitrogen and oxygen atoms in total. The maximum Gasteiger partial charge on any atom is 0.411 e. The molecule has 0 saturated carbocycles. The molecule has 0 heterocycles. The largest absolute Gasteiger partial charge is 0.411 e. The molecule has 0 aromatic carbocycles. The molecule has 0 spiro atoms. The van der Waals surface area contributed by atoms with Crippen molar-refractivity contribution in [2.75, 3.05) is 20.3 Å². The minimum Gasteiger partial charge on any atom is -0.372 e. The Morgan fingerprint density at radius 2 is 1.93 bits per heavy atom. The SMILES string of the molecule is CCC(NC)C(C)CCOCC(F)(F)F. The molecule has 0 amide bonds. The Morgan fingerprint density at radius 1 is 1.33 bits per heavy atom. The van der Waals surface area contributed by atoms with Crippen LogP contribution in [-0.4, -0.2) is 32.5 Å². The summed E-state index contributed by atoms with van der Waals surface area (Å²) in [6.07, 6.45) is -2.59. The summed E-state index contributed by atoms with van der Waals surface area (Å²) < 4.78 is 39.8. The third kappa shape index (κ3) is 7.62. The van der Waals surface area contributed by atoms with Crippen LogP contribution in [0.3, 0.4) is 0 Å². The first-order chi connectivity index (χ1) is 6.90. The highest BCUT2D eigenvalue weighted by atomic mass is 19.4. The number of halogens is 3. The molecular formula is C10H20F3NO. The Bertz CT molecular complexity index is 157. The highest BCUT2D eigenvalue weighted by Gasteiger charge is 2.27. The van der Waals surface area contributed by atoms with E-state index in [-0.39, 0.29) is 6.61 Å². The van der Waals surface area contributed by atoms with Crippen LogP contribution < -0.4 is 5.32 Å². The average Bonchev–Trinajstić information content (AvgIpc) is 2.13. The highest BCUT2D eigenvalue weighted by molar-refractivity contribution is 4.69. The number of hydrogen-bond acceptors (Lipinski definition) is 2. The maximum absolute atomic E-state index is 11.7. The summed E-state index contributed by atoms with van der Waals surface area (Å²) in [6, 6.07) is 0.347. The van der Waals surface area contributed by atoms with Gasteiger partial charge in [-0.05, 0) is 25.8 Å². The smallest absolute Gasteiger partial charge is 0.372 e. The Balaban J connectivity index is 3.58. The molecule has 0 aliphatic rings. The number of nitrogens with one attached hydrogen (secondary N) is 1. The van der Waals surface area contributed by atoms with Crippen molar-refractivity contribution >= 4 is 0 Å². The lowest BCUT2D eigenvalue weighted by Crippen LogP contribution is -2.32. The van der Waals surface area contributed by atoms with E-state index in [4.69, 9.17) is 0 Å². The monoisotopic (exact) mass is 227 g/mol. The van der Waals surface area contributed by atoms with Crippen molar-refractivity contribution in [3.05, 3.63) is 0 Å². The highest BCUT2D eigenvalue weighted by Crippen LogP contribution is 2.16. The van der Waals surface area contributed by atoms with E-state index >= 15 is 0 Å². The quantitative estimate of drug-likeness (QED) is 0.675. The van der Waals surface area contributed by atoms with E-state index in [0.29, 0.717) is 18.4 Å². The van der Waals surface area contributed by atoms with Crippen LogP contribution in [0.25, 0.3) is 0 Å². The molecule has 2 atom stereocenters. The summed E-state index contributed by atoms with van der Waals surface area (Å²) in [7, 11) is 1.86. The lowest BCUT2D eigenvalue weighted by Gasteiger charge is -2.22. The molecule has 0 rings (SSSR count). The number of ether oxygens (including phenoxy) is 1. The molecule has 0 aliphatic carbocycles. The van der Waals surface area contributed by atoms with Gasteiger partial charge in [0, 0.05) is 12.6 Å². The predicted molar refractivity (Wildman–Crippen MR) is 53.8 cm³/mol. The minimum absolute atomic E-state index is 0.166. The lowest BCUT2D eigenvalue weighted by atomic mass is 9.97. The zero-order chi connectivity index (χ0) is 11.9. The van der Waals surface area contributed by atoms with Crippen molar-refractivity contribution in [3.8, 4) is 0 Å². The van der Waals surface area contributed by atoms with Crippen LogP contribution in [0.4, 0.5) is 13.2 Å². The third-order valence-corrected chi connectivity index (χ3v) is 2.48. The zero-order valence-corrected chi connectivity index (χ0v) is 9.53. The molecule has 0 saturated heterocycles. The molecule has 0 bridgehead atoms. The van der Waals surface area contributed by atoms with Crippen molar-refractivity contribution in [2.45, 2.75) is 38.9 Å². The van der Waals surface area contributed by atoms with Crippen LogP contribution >= 0.6 is 0 Å². The van der Waals surface area contributed by atoms with Gasteiger partial charge in [-0.25, -0.2) is 0 Å². The van der Waals surface area contributed by atoms with Gasteiger partial charge in [-0.3, -0.25) is 0 Å². The number of hydrogen-bond donors (Lipinski definition) is 1. The summed E-state index contributed by atoms with van der Waals surface area (Å²) in [5.74, 6) is 0.327. The summed E-state index contributed by atoms with van der Waals surface area (Å²) >= 11 is 0. The second kappa shape index (κ2) is 7.06. The molecule has 15 heavy (non-hydrogen) atoms. The summed E-state index contributed by atoms with van der Waals surface area (Å²) in [4.78, 5) is 0. The van der Waals surface area contributed by atoms with E-state index in [0.717, 1.165) is 6.42 Å². The first kappa shape index (κ1) is 14.7. The molecule has 0 fully saturated rings. The molecule has 0 aliphatic heterocycles. The van der Waals surface area contributed by atoms with Crippen LogP contribution in [0, 0.1) is 5.92 Å². The van der Waals surface area contributed by atoms with Crippen LogP contribution in [0.5, 0.6) is 0 Å². The average molecular weight is 227 g/mol. The predicted octanol–water partition coefficient (Wildman–Crippen LogP) is 2.59. The van der Waals surface area contributed by atoms with Crippen LogP contribution in [0.1, 0.15) is 26.7 Å². The lowest BCUT2D eigenvalue weighted by molar-refractivity contribution is -0.174. The fourth-order valence-electron chi connectivity index (χ4n) is 1.55. The van der Waals surface area contributed by atoms with Crippen molar-refractivity contribution in [1.82, 2.24) is 5.32 Å². The molecule has 0 radical (unpaired) electrons. The normalized spacial score (nSPS) is 16.4. The van der Waals surface area contributed by atoms with Gasteiger partial charge in [0.05, 0.1) is 0 Å². The molecule has 2 unspecified atom stereocenters. The fourth-order valence-corrected chi connectivity index (χ4v) is 1.55. The van der Waals surface area contributed by atoms with Gasteiger partial charge in [0.15, 0.2) is 0 Å². The van der Waals surface area contributed by atoms with E-state index < -0.39 is 12.8 Å². The second-order valence-electron chi connectivity index (χ2n) is 3.74. The van der Waals surface area contributed by atoms with Gasteiger partial charge < -0.3 is 10.1 Å². The molecule has 92 valence electrons. The van der Waals surface area contributed by atoms with Gasteiger partial charge >= 0.3 is 6.18 Å². The molecule has 0 aromatic rings. The van der Waals surface area contributed by atoms with Gasteiger partial charge in [0.1, 0.15) is 6.61 Å². The van der Waals surface area contributed by atoms with Crippen molar-refractivity contribution in [2.24, 2.45) is 5.92 Å². The number of rotatable bonds is 7. The van der Waals surface area contributed by atoms with Crippen LogP contribution in [0.15, 0.2) is 0 Å². The molecule has 1 N–H and O–H groups in total. The first-order valence-electron chi connectivity index (χ1n) is 5.22.